The molecule has 0 unspecified atom stereocenters. The fraction of sp³-hybridized carbons (Fsp3) is 0.423. The average molecular weight is 466 g/mol. The summed E-state index contributed by atoms with van der Waals surface area (Å²) >= 11 is 1.82. The van der Waals surface area contributed by atoms with Crippen LogP contribution in [0.1, 0.15) is 63.8 Å². The summed E-state index contributed by atoms with van der Waals surface area (Å²) in [7, 11) is 0. The molecule has 0 aliphatic carbocycles. The summed E-state index contributed by atoms with van der Waals surface area (Å²) in [5.74, 6) is 1.40. The lowest BCUT2D eigenvalue weighted by Gasteiger charge is -2.17. The molecule has 0 aromatic carbocycles. The molecule has 33 heavy (non-hydrogen) atoms. The van der Waals surface area contributed by atoms with Gasteiger partial charge in [0.2, 0.25) is 0 Å². The second kappa shape index (κ2) is 11.9. The van der Waals surface area contributed by atoms with E-state index in [1.54, 1.807) is 6.07 Å². The van der Waals surface area contributed by atoms with Gasteiger partial charge in [-0.25, -0.2) is 9.67 Å². The number of aromatic nitrogens is 3. The molecule has 0 amide bonds. The van der Waals surface area contributed by atoms with Crippen LogP contribution in [0.2, 0.25) is 0 Å². The van der Waals surface area contributed by atoms with Gasteiger partial charge in [0.15, 0.2) is 0 Å². The quantitative estimate of drug-likeness (QED) is 0.518. The van der Waals surface area contributed by atoms with Crippen LogP contribution in [0.25, 0.3) is 4.91 Å². The fourth-order valence-electron chi connectivity index (χ4n) is 3.85. The van der Waals surface area contributed by atoms with Gasteiger partial charge in [-0.1, -0.05) is 30.6 Å². The maximum absolute atomic E-state index is 13.5. The number of nitrogens with zero attached hydrogens (tertiary/aromatic N) is 3. The van der Waals surface area contributed by atoms with Crippen LogP contribution in [0.4, 0.5) is 5.82 Å². The number of thioether (sulfide) groups is 1. The Morgan fingerprint density at radius 2 is 2.09 bits per heavy atom. The smallest absolute Gasteiger partial charge is 0.270 e. The SMILES string of the molecule is CCCCc1c(C(SCCC2=C(C)CNC=C2)=C(C)C)cnn(Cc2cccc(N)n2)c1=O. The Kier molecular flexibility index (Phi) is 8.95. The van der Waals surface area contributed by atoms with Crippen molar-refractivity contribution in [3.63, 3.8) is 0 Å². The average Bonchev–Trinajstić information content (AvgIpc) is 2.78. The Labute approximate surface area is 201 Å². The first-order chi connectivity index (χ1) is 15.9. The Morgan fingerprint density at radius 3 is 2.79 bits per heavy atom. The van der Waals surface area contributed by atoms with E-state index in [1.807, 2.05) is 36.3 Å². The molecule has 0 saturated heterocycles. The minimum Gasteiger partial charge on any atom is -0.387 e. The van der Waals surface area contributed by atoms with Gasteiger partial charge in [0.25, 0.3) is 5.56 Å². The third kappa shape index (κ3) is 6.60. The summed E-state index contributed by atoms with van der Waals surface area (Å²) in [5.41, 5.74) is 12.3. The van der Waals surface area contributed by atoms with Crippen molar-refractivity contribution in [2.45, 2.75) is 59.9 Å². The van der Waals surface area contributed by atoms with Gasteiger partial charge in [0, 0.05) is 28.3 Å². The van der Waals surface area contributed by atoms with Gasteiger partial charge in [-0.05, 0) is 70.0 Å². The van der Waals surface area contributed by atoms with E-state index in [0.717, 1.165) is 59.7 Å². The molecule has 3 rings (SSSR count). The number of dihydropyridines is 1. The Bertz CT molecular complexity index is 1130. The first-order valence-electron chi connectivity index (χ1n) is 11.6. The van der Waals surface area contributed by atoms with Crippen molar-refractivity contribution in [2.75, 3.05) is 18.0 Å². The maximum atomic E-state index is 13.5. The second-order valence-electron chi connectivity index (χ2n) is 8.60. The number of hydrogen-bond acceptors (Lipinski definition) is 6. The summed E-state index contributed by atoms with van der Waals surface area (Å²) < 4.78 is 1.51. The number of nitrogens with two attached hydrogens (primary N) is 1. The van der Waals surface area contributed by atoms with Crippen molar-refractivity contribution in [3.8, 4) is 0 Å². The first-order valence-corrected chi connectivity index (χ1v) is 12.6. The van der Waals surface area contributed by atoms with Gasteiger partial charge in [0.05, 0.1) is 18.4 Å². The third-order valence-corrected chi connectivity index (χ3v) is 7.02. The predicted octanol–water partition coefficient (Wildman–Crippen LogP) is 4.92. The van der Waals surface area contributed by atoms with Gasteiger partial charge in [-0.2, -0.15) is 5.10 Å². The topological polar surface area (TPSA) is 85.8 Å². The van der Waals surface area contributed by atoms with E-state index in [4.69, 9.17) is 5.73 Å². The largest absolute Gasteiger partial charge is 0.387 e. The number of anilines is 1. The third-order valence-electron chi connectivity index (χ3n) is 5.70. The summed E-state index contributed by atoms with van der Waals surface area (Å²) in [5, 5.41) is 7.79. The summed E-state index contributed by atoms with van der Waals surface area (Å²) in [4.78, 5) is 19.0. The zero-order valence-corrected chi connectivity index (χ0v) is 21.0. The van der Waals surface area contributed by atoms with Gasteiger partial charge >= 0.3 is 0 Å². The molecule has 2 aromatic rings. The van der Waals surface area contributed by atoms with Crippen molar-refractivity contribution in [2.24, 2.45) is 0 Å². The van der Waals surface area contributed by atoms with E-state index in [2.05, 4.69) is 49.2 Å². The molecule has 0 spiro atoms. The van der Waals surface area contributed by atoms with E-state index < -0.39 is 0 Å². The van der Waals surface area contributed by atoms with E-state index in [0.29, 0.717) is 12.4 Å². The lowest BCUT2D eigenvalue weighted by atomic mass is 10.0. The van der Waals surface area contributed by atoms with Gasteiger partial charge in [-0.3, -0.25) is 4.79 Å². The molecule has 1 aliphatic heterocycles. The molecule has 7 heteroatoms. The number of rotatable bonds is 10. The normalized spacial score (nSPS) is 13.2. The van der Waals surface area contributed by atoms with Crippen molar-refractivity contribution < 1.29 is 0 Å². The number of hydrogen-bond donors (Lipinski definition) is 2. The highest BCUT2D eigenvalue weighted by atomic mass is 32.2. The summed E-state index contributed by atoms with van der Waals surface area (Å²) in [6.45, 7) is 9.78. The van der Waals surface area contributed by atoms with Crippen molar-refractivity contribution in [3.05, 3.63) is 80.6 Å². The molecule has 0 atom stereocenters. The second-order valence-corrected chi connectivity index (χ2v) is 9.71. The molecular weight excluding hydrogens is 430 g/mol. The monoisotopic (exact) mass is 465 g/mol. The molecule has 0 fully saturated rings. The molecule has 3 heterocycles. The van der Waals surface area contributed by atoms with Crippen LogP contribution >= 0.6 is 11.8 Å². The highest BCUT2D eigenvalue weighted by Gasteiger charge is 2.17. The van der Waals surface area contributed by atoms with E-state index in [9.17, 15) is 4.79 Å². The standard InChI is InChI=1S/C26H35N5OS/c1-5-6-9-22-23(16-29-31(26(22)32)17-21-8-7-10-24(27)30-21)25(18(2)3)33-14-12-20-11-13-28-15-19(20)4/h7-8,10-11,13,16,28H,5-6,9,12,14-15,17H2,1-4H3,(H2,27,30). The van der Waals surface area contributed by atoms with Crippen molar-refractivity contribution >= 4 is 22.5 Å². The number of unbranched alkanes of at least 4 members (excludes halogenated alkanes) is 1. The van der Waals surface area contributed by atoms with Gasteiger partial charge in [-0.15, -0.1) is 11.8 Å². The van der Waals surface area contributed by atoms with Crippen LogP contribution in [0, 0.1) is 0 Å². The van der Waals surface area contributed by atoms with E-state index in [1.165, 1.54) is 21.4 Å². The Balaban J connectivity index is 1.88. The van der Waals surface area contributed by atoms with Gasteiger partial charge in [0.1, 0.15) is 5.82 Å². The van der Waals surface area contributed by atoms with Crippen molar-refractivity contribution in [1.29, 1.82) is 0 Å². The minimum atomic E-state index is -0.0376. The van der Waals surface area contributed by atoms with Crippen LogP contribution in [0.3, 0.4) is 0 Å². The van der Waals surface area contributed by atoms with Crippen molar-refractivity contribution in [1.82, 2.24) is 20.1 Å². The lowest BCUT2D eigenvalue weighted by molar-refractivity contribution is 0.613. The Morgan fingerprint density at radius 1 is 1.27 bits per heavy atom. The molecule has 2 aromatic heterocycles. The van der Waals surface area contributed by atoms with E-state index in [-0.39, 0.29) is 5.56 Å². The number of pyridine rings is 1. The van der Waals surface area contributed by atoms with Gasteiger partial charge < -0.3 is 11.1 Å². The number of nitrogen functional groups attached to an aromatic ring is 1. The van der Waals surface area contributed by atoms with Crippen LogP contribution in [-0.2, 0) is 13.0 Å². The highest BCUT2D eigenvalue weighted by Crippen LogP contribution is 2.33. The zero-order valence-electron chi connectivity index (χ0n) is 20.1. The van der Waals surface area contributed by atoms with Crippen LogP contribution in [0.5, 0.6) is 0 Å². The van der Waals surface area contributed by atoms with Crippen LogP contribution in [0.15, 0.2) is 58.2 Å². The van der Waals surface area contributed by atoms with E-state index >= 15 is 0 Å². The molecule has 1 aliphatic rings. The highest BCUT2D eigenvalue weighted by molar-refractivity contribution is 8.08. The Hall–Kier alpha value is -2.80. The maximum Gasteiger partial charge on any atom is 0.270 e. The molecular formula is C26H35N5OS. The fourth-order valence-corrected chi connectivity index (χ4v) is 5.00. The molecule has 3 N–H and O–H groups in total. The summed E-state index contributed by atoms with van der Waals surface area (Å²) in [6, 6.07) is 5.46. The molecule has 0 bridgehead atoms. The molecule has 6 nitrogen and oxygen atoms in total. The first kappa shape index (κ1) is 24.8. The number of allylic oxidation sites excluding steroid dienone is 3. The lowest BCUT2D eigenvalue weighted by Crippen LogP contribution is -2.28. The molecule has 0 radical (unpaired) electrons. The number of nitrogens with one attached hydrogen (secondary N) is 1. The minimum absolute atomic E-state index is 0.0376. The van der Waals surface area contributed by atoms with Crippen LogP contribution < -0.4 is 16.6 Å². The predicted molar refractivity (Wildman–Crippen MR) is 140 cm³/mol. The zero-order chi connectivity index (χ0) is 23.8. The summed E-state index contributed by atoms with van der Waals surface area (Å²) in [6.07, 6.45) is 9.80. The molecule has 0 saturated carbocycles. The van der Waals surface area contributed by atoms with Crippen LogP contribution in [-0.4, -0.2) is 27.1 Å². The molecule has 176 valence electrons.